The van der Waals surface area contributed by atoms with Crippen molar-refractivity contribution in [2.45, 2.75) is 12.8 Å². The van der Waals surface area contributed by atoms with E-state index in [-0.39, 0.29) is 12.2 Å². The summed E-state index contributed by atoms with van der Waals surface area (Å²) in [5, 5.41) is 0. The minimum Gasteiger partial charge on any atom is -0.458 e. The zero-order valence-corrected chi connectivity index (χ0v) is 13.3. The molecule has 0 bridgehead atoms. The molecule has 6 heteroatoms. The molecule has 0 fully saturated rings. The molecule has 0 unspecified atom stereocenters. The second-order valence-electron chi connectivity index (χ2n) is 5.17. The van der Waals surface area contributed by atoms with Crippen molar-refractivity contribution >= 4 is 5.97 Å². The SMILES string of the molecule is O=C(OC/C=C(\COCc1ccccc1)C(F)(F)F)c1ccccc1. The first-order chi connectivity index (χ1) is 12.0. The highest BCUT2D eigenvalue weighted by atomic mass is 19.4. The molecular formula is C19H17F3O3. The third kappa shape index (κ3) is 6.43. The van der Waals surface area contributed by atoms with Crippen LogP contribution in [-0.2, 0) is 16.1 Å². The van der Waals surface area contributed by atoms with Gasteiger partial charge in [0.05, 0.1) is 24.4 Å². The fourth-order valence-electron chi connectivity index (χ4n) is 1.99. The summed E-state index contributed by atoms with van der Waals surface area (Å²) in [7, 11) is 0. The normalized spacial score (nSPS) is 12.0. The van der Waals surface area contributed by atoms with Crippen molar-refractivity contribution in [3.63, 3.8) is 0 Å². The molecular weight excluding hydrogens is 333 g/mol. The van der Waals surface area contributed by atoms with Crippen LogP contribution in [-0.4, -0.2) is 25.4 Å². The molecule has 0 saturated carbocycles. The monoisotopic (exact) mass is 350 g/mol. The Balaban J connectivity index is 1.88. The van der Waals surface area contributed by atoms with E-state index in [9.17, 15) is 18.0 Å². The summed E-state index contributed by atoms with van der Waals surface area (Å²) in [5.74, 6) is -0.677. The molecule has 2 aromatic carbocycles. The lowest BCUT2D eigenvalue weighted by Gasteiger charge is -2.13. The Morgan fingerprint density at radius 1 is 0.960 bits per heavy atom. The van der Waals surface area contributed by atoms with Gasteiger partial charge in [0.25, 0.3) is 0 Å². The van der Waals surface area contributed by atoms with Crippen LogP contribution in [0.1, 0.15) is 15.9 Å². The van der Waals surface area contributed by atoms with Crippen LogP contribution in [0.2, 0.25) is 0 Å². The highest BCUT2D eigenvalue weighted by Gasteiger charge is 2.33. The van der Waals surface area contributed by atoms with Crippen LogP contribution >= 0.6 is 0 Å². The second kappa shape index (κ2) is 9.03. The average molecular weight is 350 g/mol. The molecule has 0 spiro atoms. The van der Waals surface area contributed by atoms with E-state index in [1.165, 1.54) is 12.1 Å². The lowest BCUT2D eigenvalue weighted by atomic mass is 10.2. The molecule has 0 amide bonds. The van der Waals surface area contributed by atoms with Gasteiger partial charge in [-0.25, -0.2) is 4.79 Å². The first kappa shape index (κ1) is 18.7. The average Bonchev–Trinajstić information content (AvgIpc) is 2.61. The minimum atomic E-state index is -4.55. The van der Waals surface area contributed by atoms with E-state index in [4.69, 9.17) is 9.47 Å². The molecule has 0 saturated heterocycles. The predicted octanol–water partition coefficient (Wildman–Crippen LogP) is 4.55. The van der Waals surface area contributed by atoms with Gasteiger partial charge in [0, 0.05) is 0 Å². The third-order valence-electron chi connectivity index (χ3n) is 3.29. The van der Waals surface area contributed by atoms with Crippen molar-refractivity contribution in [1.29, 1.82) is 0 Å². The first-order valence-electron chi connectivity index (χ1n) is 7.57. The second-order valence-corrected chi connectivity index (χ2v) is 5.17. The van der Waals surface area contributed by atoms with E-state index in [0.717, 1.165) is 11.6 Å². The van der Waals surface area contributed by atoms with Gasteiger partial charge >= 0.3 is 12.1 Å². The molecule has 0 N–H and O–H groups in total. The summed E-state index contributed by atoms with van der Waals surface area (Å²) in [4.78, 5) is 11.7. The Kier molecular flexibility index (Phi) is 6.77. The number of alkyl halides is 3. The molecule has 3 nitrogen and oxygen atoms in total. The summed E-state index contributed by atoms with van der Waals surface area (Å²) < 4.78 is 49.0. The maximum atomic E-state index is 13.0. The first-order valence-corrected chi connectivity index (χ1v) is 7.57. The Labute approximate surface area is 143 Å². The topological polar surface area (TPSA) is 35.5 Å². The standard InChI is InChI=1S/C19H17F3O3/c20-19(21,22)17(14-24-13-15-7-3-1-4-8-15)11-12-25-18(23)16-9-5-2-6-10-16/h1-11H,12-14H2/b17-11+. The van der Waals surface area contributed by atoms with Crippen LogP contribution in [0.5, 0.6) is 0 Å². The summed E-state index contributed by atoms with van der Waals surface area (Å²) in [6.45, 7) is -1.02. The molecule has 0 aliphatic heterocycles. The van der Waals surface area contributed by atoms with Gasteiger partial charge in [0.2, 0.25) is 0 Å². The lowest BCUT2D eigenvalue weighted by Crippen LogP contribution is -2.18. The van der Waals surface area contributed by atoms with Crippen LogP contribution in [0.4, 0.5) is 13.2 Å². The number of hydrogen-bond donors (Lipinski definition) is 0. The quantitative estimate of drug-likeness (QED) is 0.543. The molecule has 0 aliphatic rings. The Morgan fingerprint density at radius 2 is 1.56 bits per heavy atom. The zero-order valence-electron chi connectivity index (χ0n) is 13.3. The van der Waals surface area contributed by atoms with Crippen LogP contribution in [0.25, 0.3) is 0 Å². The van der Waals surface area contributed by atoms with Gasteiger partial charge < -0.3 is 9.47 Å². The fourth-order valence-corrected chi connectivity index (χ4v) is 1.99. The number of ether oxygens (including phenoxy) is 2. The van der Waals surface area contributed by atoms with Crippen LogP contribution < -0.4 is 0 Å². The predicted molar refractivity (Wildman–Crippen MR) is 87.0 cm³/mol. The Hall–Kier alpha value is -2.60. The van der Waals surface area contributed by atoms with Crippen molar-refractivity contribution in [2.75, 3.05) is 13.2 Å². The van der Waals surface area contributed by atoms with E-state index < -0.39 is 30.9 Å². The smallest absolute Gasteiger partial charge is 0.414 e. The number of halogens is 3. The molecule has 25 heavy (non-hydrogen) atoms. The summed E-state index contributed by atoms with van der Waals surface area (Å²) in [6.07, 6.45) is -3.72. The largest absolute Gasteiger partial charge is 0.458 e. The van der Waals surface area contributed by atoms with Gasteiger partial charge in [-0.15, -0.1) is 0 Å². The molecule has 0 heterocycles. The highest BCUT2D eigenvalue weighted by molar-refractivity contribution is 5.89. The van der Waals surface area contributed by atoms with Crippen molar-refractivity contribution < 1.29 is 27.4 Å². The van der Waals surface area contributed by atoms with Crippen molar-refractivity contribution in [2.24, 2.45) is 0 Å². The Bertz CT molecular complexity index is 695. The molecule has 0 atom stereocenters. The van der Waals surface area contributed by atoms with Gasteiger partial charge in [-0.1, -0.05) is 48.5 Å². The number of hydrogen-bond acceptors (Lipinski definition) is 3. The van der Waals surface area contributed by atoms with E-state index in [2.05, 4.69) is 0 Å². The van der Waals surface area contributed by atoms with Crippen molar-refractivity contribution in [1.82, 2.24) is 0 Å². The number of carbonyl (C=O) groups excluding carboxylic acids is 1. The summed E-state index contributed by atoms with van der Waals surface area (Å²) in [6, 6.07) is 17.0. The van der Waals surface area contributed by atoms with Gasteiger partial charge in [0.1, 0.15) is 6.61 Å². The third-order valence-corrected chi connectivity index (χ3v) is 3.29. The number of benzene rings is 2. The van der Waals surface area contributed by atoms with Crippen LogP contribution in [0.15, 0.2) is 72.3 Å². The van der Waals surface area contributed by atoms with Gasteiger partial charge in [-0.2, -0.15) is 13.2 Å². The summed E-state index contributed by atoms with van der Waals surface area (Å²) >= 11 is 0. The lowest BCUT2D eigenvalue weighted by molar-refractivity contribution is -0.102. The number of rotatable bonds is 7. The van der Waals surface area contributed by atoms with Crippen LogP contribution in [0, 0.1) is 0 Å². The highest BCUT2D eigenvalue weighted by Crippen LogP contribution is 2.26. The molecule has 0 radical (unpaired) electrons. The molecule has 132 valence electrons. The zero-order chi connectivity index (χ0) is 18.1. The van der Waals surface area contributed by atoms with Crippen molar-refractivity contribution in [3.05, 3.63) is 83.4 Å². The van der Waals surface area contributed by atoms with E-state index >= 15 is 0 Å². The number of carbonyl (C=O) groups is 1. The van der Waals surface area contributed by atoms with E-state index in [1.54, 1.807) is 42.5 Å². The van der Waals surface area contributed by atoms with Gasteiger partial charge in [0.15, 0.2) is 0 Å². The fraction of sp³-hybridized carbons (Fsp3) is 0.211. The number of esters is 1. The molecule has 2 rings (SSSR count). The van der Waals surface area contributed by atoms with Crippen LogP contribution in [0.3, 0.4) is 0 Å². The van der Waals surface area contributed by atoms with E-state index in [0.29, 0.717) is 0 Å². The molecule has 0 aliphatic carbocycles. The maximum absolute atomic E-state index is 13.0. The van der Waals surface area contributed by atoms with Gasteiger partial charge in [-0.3, -0.25) is 0 Å². The summed E-state index contributed by atoms with van der Waals surface area (Å²) in [5.41, 5.74) is 0.175. The van der Waals surface area contributed by atoms with Crippen molar-refractivity contribution in [3.8, 4) is 0 Å². The maximum Gasteiger partial charge on any atom is 0.414 e. The van der Waals surface area contributed by atoms with E-state index in [1.807, 2.05) is 6.07 Å². The Morgan fingerprint density at radius 3 is 2.16 bits per heavy atom. The molecule has 2 aromatic rings. The molecule has 0 aromatic heterocycles. The van der Waals surface area contributed by atoms with Gasteiger partial charge in [-0.05, 0) is 23.8 Å². The minimum absolute atomic E-state index is 0.0675.